The minimum absolute atomic E-state index is 0.387. The van der Waals surface area contributed by atoms with Crippen molar-refractivity contribution in [2.75, 3.05) is 57.7 Å². The van der Waals surface area contributed by atoms with E-state index in [1.165, 1.54) is 18.1 Å². The lowest BCUT2D eigenvalue weighted by molar-refractivity contribution is 0.208. The number of nitrogens with one attached hydrogen (secondary N) is 1. The first-order valence-electron chi connectivity index (χ1n) is 9.03. The van der Waals surface area contributed by atoms with Crippen LogP contribution in [0, 0.1) is 11.6 Å². The maximum Gasteiger partial charge on any atom is 0.322 e. The van der Waals surface area contributed by atoms with E-state index in [4.69, 9.17) is 14.2 Å². The van der Waals surface area contributed by atoms with Gasteiger partial charge in [0, 0.05) is 44.0 Å². The molecule has 1 saturated heterocycles. The molecule has 0 radical (unpaired) electrons. The lowest BCUT2D eigenvalue weighted by Gasteiger charge is -2.36. The minimum atomic E-state index is -0.811. The molecular weight excluding hydrogens is 384 g/mol. The number of hydrogen-bond donors (Lipinski definition) is 1. The predicted octanol–water partition coefficient (Wildman–Crippen LogP) is 3.34. The van der Waals surface area contributed by atoms with Crippen molar-refractivity contribution in [3.05, 3.63) is 42.0 Å². The molecule has 9 heteroatoms. The topological polar surface area (TPSA) is 63.3 Å². The number of rotatable bonds is 5. The van der Waals surface area contributed by atoms with Gasteiger partial charge >= 0.3 is 6.03 Å². The van der Waals surface area contributed by atoms with Gasteiger partial charge in [-0.15, -0.1) is 0 Å². The monoisotopic (exact) mass is 407 g/mol. The van der Waals surface area contributed by atoms with Crippen LogP contribution < -0.4 is 24.4 Å². The Hall–Kier alpha value is -3.23. The lowest BCUT2D eigenvalue weighted by atomic mass is 10.2. The maximum atomic E-state index is 13.8. The Morgan fingerprint density at radius 3 is 1.97 bits per heavy atom. The molecule has 1 aliphatic rings. The summed E-state index contributed by atoms with van der Waals surface area (Å²) in [7, 11) is 4.63. The average Bonchev–Trinajstić information content (AvgIpc) is 2.75. The highest BCUT2D eigenvalue weighted by Gasteiger charge is 2.24. The van der Waals surface area contributed by atoms with Crippen LogP contribution in [0.4, 0.5) is 25.0 Å². The van der Waals surface area contributed by atoms with Crippen LogP contribution in [0.25, 0.3) is 0 Å². The number of carbonyl (C=O) groups is 1. The van der Waals surface area contributed by atoms with Crippen molar-refractivity contribution in [1.82, 2.24) is 4.90 Å². The molecule has 3 rings (SSSR count). The molecule has 0 unspecified atom stereocenters. The van der Waals surface area contributed by atoms with Gasteiger partial charge in [-0.2, -0.15) is 0 Å². The van der Waals surface area contributed by atoms with Crippen LogP contribution in [-0.4, -0.2) is 58.4 Å². The fourth-order valence-corrected chi connectivity index (χ4v) is 3.22. The summed E-state index contributed by atoms with van der Waals surface area (Å²) in [6.45, 7) is 1.84. The summed E-state index contributed by atoms with van der Waals surface area (Å²) in [4.78, 5) is 16.0. The zero-order valence-corrected chi connectivity index (χ0v) is 16.5. The van der Waals surface area contributed by atoms with Crippen molar-refractivity contribution >= 4 is 17.4 Å². The predicted molar refractivity (Wildman–Crippen MR) is 105 cm³/mol. The highest BCUT2D eigenvalue weighted by Crippen LogP contribution is 2.41. The van der Waals surface area contributed by atoms with Gasteiger partial charge in [0.15, 0.2) is 11.5 Å². The molecule has 0 atom stereocenters. The second kappa shape index (κ2) is 8.85. The number of para-hydroxylation sites is 1. The Morgan fingerprint density at radius 1 is 0.931 bits per heavy atom. The third kappa shape index (κ3) is 4.28. The Bertz CT molecular complexity index is 841. The number of methoxy groups -OCH3 is 3. The normalized spacial score (nSPS) is 13.8. The standard InChI is InChI=1S/C20H23F2N3O4/c1-27-16-11-13(12-17(28-2)19(16)29-3)24-7-9-25(10-8-24)20(26)23-18-14(21)5-4-6-15(18)22/h4-6,11-12H,7-10H2,1-3H3,(H,23,26). The van der Waals surface area contributed by atoms with Gasteiger partial charge in [-0.25, -0.2) is 13.6 Å². The zero-order chi connectivity index (χ0) is 21.0. The van der Waals surface area contributed by atoms with E-state index in [0.717, 1.165) is 17.8 Å². The van der Waals surface area contributed by atoms with Gasteiger partial charge in [0.2, 0.25) is 5.75 Å². The number of piperazine rings is 1. The van der Waals surface area contributed by atoms with E-state index in [9.17, 15) is 13.6 Å². The molecule has 2 aromatic carbocycles. The Kier molecular flexibility index (Phi) is 6.26. The Morgan fingerprint density at radius 2 is 1.48 bits per heavy atom. The fraction of sp³-hybridized carbons (Fsp3) is 0.350. The van der Waals surface area contributed by atoms with Gasteiger partial charge in [-0.05, 0) is 12.1 Å². The Labute approximate surface area is 167 Å². The Balaban J connectivity index is 1.68. The van der Waals surface area contributed by atoms with Crippen LogP contribution in [-0.2, 0) is 0 Å². The number of hydrogen-bond acceptors (Lipinski definition) is 5. The summed E-state index contributed by atoms with van der Waals surface area (Å²) in [5.74, 6) is -0.0402. The van der Waals surface area contributed by atoms with Crippen molar-refractivity contribution in [1.29, 1.82) is 0 Å². The average molecular weight is 407 g/mol. The smallest absolute Gasteiger partial charge is 0.322 e. The van der Waals surface area contributed by atoms with Gasteiger partial charge in [0.05, 0.1) is 21.3 Å². The zero-order valence-electron chi connectivity index (χ0n) is 16.5. The molecular formula is C20H23F2N3O4. The molecule has 1 fully saturated rings. The molecule has 2 aromatic rings. The van der Waals surface area contributed by atoms with E-state index in [1.807, 2.05) is 12.1 Å². The van der Waals surface area contributed by atoms with Crippen LogP contribution in [0.15, 0.2) is 30.3 Å². The van der Waals surface area contributed by atoms with Crippen molar-refractivity contribution in [2.24, 2.45) is 0 Å². The third-order valence-electron chi connectivity index (χ3n) is 4.78. The van der Waals surface area contributed by atoms with Crippen molar-refractivity contribution in [2.45, 2.75) is 0 Å². The summed E-state index contributed by atoms with van der Waals surface area (Å²) < 4.78 is 43.6. The highest BCUT2D eigenvalue weighted by atomic mass is 19.1. The number of carbonyl (C=O) groups excluding carboxylic acids is 1. The maximum absolute atomic E-state index is 13.8. The van der Waals surface area contributed by atoms with Gasteiger partial charge < -0.3 is 29.3 Å². The molecule has 1 heterocycles. The SMILES string of the molecule is COc1cc(N2CCN(C(=O)Nc3c(F)cccc3F)CC2)cc(OC)c1OC. The quantitative estimate of drug-likeness (QED) is 0.824. The molecule has 156 valence electrons. The number of anilines is 2. The van der Waals surface area contributed by atoms with Crippen molar-refractivity contribution < 1.29 is 27.8 Å². The summed E-state index contributed by atoms with van der Waals surface area (Å²) in [5.41, 5.74) is 0.421. The molecule has 29 heavy (non-hydrogen) atoms. The molecule has 0 aromatic heterocycles. The van der Waals surface area contributed by atoms with E-state index < -0.39 is 23.4 Å². The molecule has 0 bridgehead atoms. The number of urea groups is 1. The molecule has 0 aliphatic carbocycles. The number of ether oxygens (including phenoxy) is 3. The lowest BCUT2D eigenvalue weighted by Crippen LogP contribution is -2.50. The second-order valence-electron chi connectivity index (χ2n) is 6.38. The molecule has 0 saturated carbocycles. The third-order valence-corrected chi connectivity index (χ3v) is 4.78. The van der Waals surface area contributed by atoms with Crippen LogP contribution in [0.3, 0.4) is 0 Å². The van der Waals surface area contributed by atoms with E-state index in [-0.39, 0.29) is 0 Å². The number of halogens is 2. The van der Waals surface area contributed by atoms with E-state index in [2.05, 4.69) is 10.2 Å². The van der Waals surface area contributed by atoms with Gasteiger partial charge in [0.25, 0.3) is 0 Å². The van der Waals surface area contributed by atoms with Gasteiger partial charge in [-0.1, -0.05) is 6.07 Å². The minimum Gasteiger partial charge on any atom is -0.493 e. The number of benzene rings is 2. The first-order valence-corrected chi connectivity index (χ1v) is 9.03. The van der Waals surface area contributed by atoms with Crippen LogP contribution >= 0.6 is 0 Å². The molecule has 2 amide bonds. The molecule has 1 N–H and O–H groups in total. The summed E-state index contributed by atoms with van der Waals surface area (Å²) in [6, 6.07) is 6.58. The number of nitrogens with zero attached hydrogens (tertiary/aromatic N) is 2. The summed E-state index contributed by atoms with van der Waals surface area (Å²) >= 11 is 0. The van der Waals surface area contributed by atoms with Gasteiger partial charge in [-0.3, -0.25) is 0 Å². The highest BCUT2D eigenvalue weighted by molar-refractivity contribution is 5.89. The second-order valence-corrected chi connectivity index (χ2v) is 6.38. The van der Waals surface area contributed by atoms with E-state index in [0.29, 0.717) is 43.4 Å². The number of amides is 2. The van der Waals surface area contributed by atoms with Gasteiger partial charge in [0.1, 0.15) is 17.3 Å². The molecule has 0 spiro atoms. The van der Waals surface area contributed by atoms with E-state index >= 15 is 0 Å². The van der Waals surface area contributed by atoms with Crippen LogP contribution in [0.5, 0.6) is 17.2 Å². The largest absolute Gasteiger partial charge is 0.493 e. The van der Waals surface area contributed by atoms with Crippen molar-refractivity contribution in [3.8, 4) is 17.2 Å². The van der Waals surface area contributed by atoms with Crippen molar-refractivity contribution in [3.63, 3.8) is 0 Å². The fourth-order valence-electron chi connectivity index (χ4n) is 3.22. The molecule has 7 nitrogen and oxygen atoms in total. The molecule has 1 aliphatic heterocycles. The summed E-state index contributed by atoms with van der Waals surface area (Å²) in [5, 5.41) is 2.32. The van der Waals surface area contributed by atoms with E-state index in [1.54, 1.807) is 14.2 Å². The van der Waals surface area contributed by atoms with Crippen LogP contribution in [0.1, 0.15) is 0 Å². The van der Waals surface area contributed by atoms with Crippen LogP contribution in [0.2, 0.25) is 0 Å². The summed E-state index contributed by atoms with van der Waals surface area (Å²) in [6.07, 6.45) is 0. The first kappa shape index (κ1) is 20.5. The first-order chi connectivity index (χ1) is 14.0.